The topological polar surface area (TPSA) is 78.9 Å². The highest BCUT2D eigenvalue weighted by Gasteiger charge is 2.28. The minimum absolute atomic E-state index is 0.000926. The van der Waals surface area contributed by atoms with E-state index in [1.54, 1.807) is 21.9 Å². The van der Waals surface area contributed by atoms with Crippen molar-refractivity contribution >= 4 is 23.5 Å². The SMILES string of the molecule is CC(=O)N1CCN(C(=O)c2cnc(N3CCc4ccccc43)nc2OCc2ccc(F)cc2)CC1. The van der Waals surface area contributed by atoms with Gasteiger partial charge in [0.05, 0.1) is 0 Å². The van der Waals surface area contributed by atoms with Crippen molar-refractivity contribution in [3.05, 3.63) is 77.2 Å². The highest BCUT2D eigenvalue weighted by atomic mass is 19.1. The monoisotopic (exact) mass is 475 g/mol. The number of aromatic nitrogens is 2. The number of amides is 2. The van der Waals surface area contributed by atoms with Gasteiger partial charge in [0.15, 0.2) is 0 Å². The number of carbonyl (C=O) groups is 2. The Bertz CT molecular complexity index is 1240. The minimum atomic E-state index is -0.327. The normalized spacial score (nSPS) is 15.2. The Morgan fingerprint density at radius 3 is 2.43 bits per heavy atom. The third kappa shape index (κ3) is 4.80. The van der Waals surface area contributed by atoms with Gasteiger partial charge in [0.1, 0.15) is 18.0 Å². The fraction of sp³-hybridized carbons (Fsp3) is 0.308. The Morgan fingerprint density at radius 1 is 0.971 bits per heavy atom. The first-order valence-electron chi connectivity index (χ1n) is 11.6. The average Bonchev–Trinajstić information content (AvgIpc) is 3.32. The summed E-state index contributed by atoms with van der Waals surface area (Å²) in [6, 6.07) is 14.1. The molecule has 3 heterocycles. The van der Waals surface area contributed by atoms with Crippen LogP contribution in [0.3, 0.4) is 0 Å². The van der Waals surface area contributed by atoms with Gasteiger partial charge in [-0.1, -0.05) is 30.3 Å². The number of para-hydroxylation sites is 1. The van der Waals surface area contributed by atoms with E-state index < -0.39 is 0 Å². The molecule has 1 saturated heterocycles. The molecule has 180 valence electrons. The van der Waals surface area contributed by atoms with Crippen molar-refractivity contribution in [1.82, 2.24) is 19.8 Å². The molecular formula is C26H26FN5O3. The predicted octanol–water partition coefficient (Wildman–Crippen LogP) is 3.19. The molecule has 2 aromatic carbocycles. The number of benzene rings is 2. The van der Waals surface area contributed by atoms with Gasteiger partial charge in [-0.3, -0.25) is 9.59 Å². The number of carbonyl (C=O) groups excluding carboxylic acids is 2. The van der Waals surface area contributed by atoms with Gasteiger partial charge < -0.3 is 19.4 Å². The molecule has 2 aliphatic rings. The molecule has 0 saturated carbocycles. The maximum absolute atomic E-state index is 13.4. The highest BCUT2D eigenvalue weighted by Crippen LogP contribution is 2.33. The first-order valence-corrected chi connectivity index (χ1v) is 11.6. The highest BCUT2D eigenvalue weighted by molar-refractivity contribution is 5.96. The van der Waals surface area contributed by atoms with Crippen LogP contribution in [0, 0.1) is 5.82 Å². The third-order valence-corrected chi connectivity index (χ3v) is 6.40. The van der Waals surface area contributed by atoms with Gasteiger partial charge in [0.25, 0.3) is 5.91 Å². The molecule has 0 N–H and O–H groups in total. The summed E-state index contributed by atoms with van der Waals surface area (Å²) >= 11 is 0. The number of piperazine rings is 1. The molecule has 9 heteroatoms. The first-order chi connectivity index (χ1) is 17.0. The zero-order chi connectivity index (χ0) is 24.4. The summed E-state index contributed by atoms with van der Waals surface area (Å²) in [4.78, 5) is 39.6. The van der Waals surface area contributed by atoms with Crippen LogP contribution in [-0.2, 0) is 17.8 Å². The van der Waals surface area contributed by atoms with Crippen LogP contribution in [0.2, 0.25) is 0 Å². The summed E-state index contributed by atoms with van der Waals surface area (Å²) < 4.78 is 19.3. The number of rotatable bonds is 5. The van der Waals surface area contributed by atoms with E-state index in [0.717, 1.165) is 24.2 Å². The number of anilines is 2. The number of ether oxygens (including phenoxy) is 1. The molecular weight excluding hydrogens is 449 g/mol. The molecule has 0 aliphatic carbocycles. The Morgan fingerprint density at radius 2 is 1.69 bits per heavy atom. The number of fused-ring (bicyclic) bond motifs is 1. The summed E-state index contributed by atoms with van der Waals surface area (Å²) in [5.74, 6) is 0.0747. The summed E-state index contributed by atoms with van der Waals surface area (Å²) in [6.45, 7) is 4.21. The minimum Gasteiger partial charge on any atom is -0.472 e. The van der Waals surface area contributed by atoms with Crippen LogP contribution < -0.4 is 9.64 Å². The second-order valence-corrected chi connectivity index (χ2v) is 8.63. The number of hydrogen-bond donors (Lipinski definition) is 0. The Kier molecular flexibility index (Phi) is 6.31. The van der Waals surface area contributed by atoms with E-state index in [0.29, 0.717) is 32.1 Å². The first kappa shape index (κ1) is 22.8. The van der Waals surface area contributed by atoms with Crippen LogP contribution in [0.5, 0.6) is 5.88 Å². The lowest BCUT2D eigenvalue weighted by atomic mass is 10.2. The van der Waals surface area contributed by atoms with E-state index in [-0.39, 0.29) is 35.7 Å². The van der Waals surface area contributed by atoms with Gasteiger partial charge in [0, 0.05) is 51.5 Å². The zero-order valence-corrected chi connectivity index (χ0v) is 19.5. The molecule has 1 aromatic heterocycles. The quantitative estimate of drug-likeness (QED) is 0.564. The summed E-state index contributed by atoms with van der Waals surface area (Å²) in [7, 11) is 0. The lowest BCUT2D eigenvalue weighted by Crippen LogP contribution is -2.50. The van der Waals surface area contributed by atoms with Crippen LogP contribution in [-0.4, -0.2) is 64.3 Å². The smallest absolute Gasteiger partial charge is 0.261 e. The molecule has 1 fully saturated rings. The summed E-state index contributed by atoms with van der Waals surface area (Å²) in [5.41, 5.74) is 3.27. The summed E-state index contributed by atoms with van der Waals surface area (Å²) in [5, 5.41) is 0. The molecule has 0 radical (unpaired) electrons. The van der Waals surface area contributed by atoms with Gasteiger partial charge in [-0.25, -0.2) is 9.37 Å². The van der Waals surface area contributed by atoms with E-state index in [1.807, 2.05) is 23.1 Å². The number of nitrogens with zero attached hydrogens (tertiary/aromatic N) is 5. The standard InChI is InChI=1S/C26H26FN5O3/c1-18(33)30-12-14-31(15-13-30)25(34)22-16-28-26(32-11-10-20-4-2-3-5-23(20)32)29-24(22)35-17-19-6-8-21(27)9-7-19/h2-9,16H,10-15,17H2,1H3. The van der Waals surface area contributed by atoms with Gasteiger partial charge in [-0.2, -0.15) is 4.98 Å². The second-order valence-electron chi connectivity index (χ2n) is 8.63. The molecule has 35 heavy (non-hydrogen) atoms. The van der Waals surface area contributed by atoms with Gasteiger partial charge in [0.2, 0.25) is 17.7 Å². The zero-order valence-electron chi connectivity index (χ0n) is 19.5. The van der Waals surface area contributed by atoms with Crippen molar-refractivity contribution in [2.45, 2.75) is 20.0 Å². The molecule has 2 aliphatic heterocycles. The molecule has 0 unspecified atom stereocenters. The molecule has 8 nitrogen and oxygen atoms in total. The Balaban J connectivity index is 1.42. The lowest BCUT2D eigenvalue weighted by molar-refractivity contribution is -0.130. The van der Waals surface area contributed by atoms with Crippen LogP contribution in [0.4, 0.5) is 16.0 Å². The molecule has 0 bridgehead atoms. The van der Waals surface area contributed by atoms with Crippen molar-refractivity contribution in [2.75, 3.05) is 37.6 Å². The van der Waals surface area contributed by atoms with E-state index in [1.165, 1.54) is 30.8 Å². The second kappa shape index (κ2) is 9.69. The largest absolute Gasteiger partial charge is 0.472 e. The number of hydrogen-bond acceptors (Lipinski definition) is 6. The summed E-state index contributed by atoms with van der Waals surface area (Å²) in [6.07, 6.45) is 2.40. The lowest BCUT2D eigenvalue weighted by Gasteiger charge is -2.34. The van der Waals surface area contributed by atoms with Gasteiger partial charge >= 0.3 is 0 Å². The molecule has 2 amide bonds. The van der Waals surface area contributed by atoms with Crippen molar-refractivity contribution in [2.24, 2.45) is 0 Å². The van der Waals surface area contributed by atoms with E-state index >= 15 is 0 Å². The predicted molar refractivity (Wildman–Crippen MR) is 128 cm³/mol. The van der Waals surface area contributed by atoms with Crippen LogP contribution in [0.25, 0.3) is 0 Å². The third-order valence-electron chi connectivity index (χ3n) is 6.40. The van der Waals surface area contributed by atoms with Gasteiger partial charge in [-0.15, -0.1) is 0 Å². The Labute approximate surface area is 203 Å². The van der Waals surface area contributed by atoms with E-state index in [9.17, 15) is 14.0 Å². The van der Waals surface area contributed by atoms with Crippen molar-refractivity contribution in [1.29, 1.82) is 0 Å². The van der Waals surface area contributed by atoms with E-state index in [4.69, 9.17) is 4.74 Å². The van der Waals surface area contributed by atoms with Crippen LogP contribution in [0.1, 0.15) is 28.4 Å². The fourth-order valence-electron chi connectivity index (χ4n) is 4.42. The van der Waals surface area contributed by atoms with E-state index in [2.05, 4.69) is 16.0 Å². The Hall–Kier alpha value is -4.01. The molecule has 0 spiro atoms. The maximum atomic E-state index is 13.4. The molecule has 3 aromatic rings. The van der Waals surface area contributed by atoms with Gasteiger partial charge in [-0.05, 0) is 35.7 Å². The van der Waals surface area contributed by atoms with Crippen molar-refractivity contribution < 1.29 is 18.7 Å². The number of halogens is 1. The van der Waals surface area contributed by atoms with Crippen molar-refractivity contribution in [3.8, 4) is 5.88 Å². The average molecular weight is 476 g/mol. The maximum Gasteiger partial charge on any atom is 0.261 e. The molecule has 0 atom stereocenters. The van der Waals surface area contributed by atoms with Crippen LogP contribution in [0.15, 0.2) is 54.7 Å². The molecule has 5 rings (SSSR count). The van der Waals surface area contributed by atoms with Crippen LogP contribution >= 0.6 is 0 Å². The fourth-order valence-corrected chi connectivity index (χ4v) is 4.42. The van der Waals surface area contributed by atoms with Crippen molar-refractivity contribution in [3.63, 3.8) is 0 Å².